The predicted molar refractivity (Wildman–Crippen MR) is 122 cm³/mol. The minimum Gasteiger partial charge on any atom is -0.495 e. The lowest BCUT2D eigenvalue weighted by Crippen LogP contribution is -2.35. The normalized spacial score (nSPS) is 15.0. The summed E-state index contributed by atoms with van der Waals surface area (Å²) in [6, 6.07) is 18.5. The van der Waals surface area contributed by atoms with Crippen molar-refractivity contribution in [1.82, 2.24) is 4.31 Å². The van der Waals surface area contributed by atoms with Crippen LogP contribution in [0.5, 0.6) is 5.75 Å². The summed E-state index contributed by atoms with van der Waals surface area (Å²) in [6.45, 7) is 1.05. The maximum absolute atomic E-state index is 13.0. The SMILES string of the molecule is COc1ccc(S(=O)(=O)N2CCCCC2)cc1NC(=O)Cc1ccc2ccccc2c1. The van der Waals surface area contributed by atoms with Crippen molar-refractivity contribution >= 4 is 32.4 Å². The number of anilines is 1. The van der Waals surface area contributed by atoms with Gasteiger partial charge >= 0.3 is 0 Å². The van der Waals surface area contributed by atoms with Gasteiger partial charge < -0.3 is 10.1 Å². The van der Waals surface area contributed by atoms with Crippen LogP contribution in [0.3, 0.4) is 0 Å². The molecular weight excluding hydrogens is 412 g/mol. The van der Waals surface area contributed by atoms with Gasteiger partial charge in [-0.3, -0.25) is 4.79 Å². The Balaban J connectivity index is 1.54. The summed E-state index contributed by atoms with van der Waals surface area (Å²) in [7, 11) is -2.11. The Morgan fingerprint density at radius 2 is 1.71 bits per heavy atom. The molecule has 1 N–H and O–H groups in total. The van der Waals surface area contributed by atoms with E-state index in [0.29, 0.717) is 24.5 Å². The van der Waals surface area contributed by atoms with E-state index >= 15 is 0 Å². The van der Waals surface area contributed by atoms with E-state index in [-0.39, 0.29) is 17.2 Å². The number of benzene rings is 3. The summed E-state index contributed by atoms with van der Waals surface area (Å²) in [6.07, 6.45) is 2.96. The summed E-state index contributed by atoms with van der Waals surface area (Å²) in [5.41, 5.74) is 1.23. The molecule has 1 aliphatic heterocycles. The van der Waals surface area contributed by atoms with Gasteiger partial charge in [0.25, 0.3) is 0 Å². The van der Waals surface area contributed by atoms with Crippen LogP contribution in [-0.4, -0.2) is 38.8 Å². The lowest BCUT2D eigenvalue weighted by atomic mass is 10.0. The molecule has 3 aromatic carbocycles. The third-order valence-corrected chi connectivity index (χ3v) is 7.47. The van der Waals surface area contributed by atoms with Gasteiger partial charge in [0.2, 0.25) is 15.9 Å². The van der Waals surface area contributed by atoms with Crippen LogP contribution in [-0.2, 0) is 21.2 Å². The molecule has 0 unspecified atom stereocenters. The van der Waals surface area contributed by atoms with Crippen molar-refractivity contribution in [2.75, 3.05) is 25.5 Å². The van der Waals surface area contributed by atoms with Crippen molar-refractivity contribution in [3.8, 4) is 5.75 Å². The highest BCUT2D eigenvalue weighted by atomic mass is 32.2. The van der Waals surface area contributed by atoms with Gasteiger partial charge in [0.05, 0.1) is 24.1 Å². The standard InChI is InChI=1S/C24H26N2O4S/c1-30-23-12-11-21(31(28,29)26-13-5-2-6-14-26)17-22(23)25-24(27)16-18-9-10-19-7-3-4-8-20(19)15-18/h3-4,7-12,15,17H,2,5-6,13-14,16H2,1H3,(H,25,27). The fraction of sp³-hybridized carbons (Fsp3) is 0.292. The minimum atomic E-state index is -3.60. The summed E-state index contributed by atoms with van der Waals surface area (Å²) < 4.78 is 32.9. The number of ether oxygens (including phenoxy) is 1. The van der Waals surface area contributed by atoms with Crippen molar-refractivity contribution in [1.29, 1.82) is 0 Å². The van der Waals surface area contributed by atoms with E-state index in [0.717, 1.165) is 35.6 Å². The Kier molecular flexibility index (Phi) is 6.25. The Morgan fingerprint density at radius 3 is 2.45 bits per heavy atom. The first-order valence-electron chi connectivity index (χ1n) is 10.4. The molecule has 0 aliphatic carbocycles. The molecule has 0 radical (unpaired) electrons. The highest BCUT2D eigenvalue weighted by Gasteiger charge is 2.27. The van der Waals surface area contributed by atoms with Gasteiger partial charge in [-0.25, -0.2) is 8.42 Å². The summed E-state index contributed by atoms with van der Waals surface area (Å²) in [4.78, 5) is 12.9. The van der Waals surface area contributed by atoms with E-state index in [1.165, 1.54) is 23.5 Å². The Hall–Kier alpha value is -2.90. The lowest BCUT2D eigenvalue weighted by Gasteiger charge is -2.26. The first-order chi connectivity index (χ1) is 15.0. The van der Waals surface area contributed by atoms with Crippen LogP contribution in [0.25, 0.3) is 10.8 Å². The van der Waals surface area contributed by atoms with Gasteiger partial charge in [-0.15, -0.1) is 0 Å². The quantitative estimate of drug-likeness (QED) is 0.626. The average molecular weight is 439 g/mol. The number of nitrogens with one attached hydrogen (secondary N) is 1. The number of carbonyl (C=O) groups excluding carboxylic acids is 1. The number of hydrogen-bond acceptors (Lipinski definition) is 4. The third kappa shape index (κ3) is 4.73. The van der Waals surface area contributed by atoms with Gasteiger partial charge in [-0.2, -0.15) is 4.31 Å². The van der Waals surface area contributed by atoms with Crippen molar-refractivity contribution in [3.63, 3.8) is 0 Å². The van der Waals surface area contributed by atoms with Gasteiger partial charge in [-0.1, -0.05) is 48.9 Å². The monoisotopic (exact) mass is 438 g/mol. The lowest BCUT2D eigenvalue weighted by molar-refractivity contribution is -0.115. The summed E-state index contributed by atoms with van der Waals surface area (Å²) >= 11 is 0. The summed E-state index contributed by atoms with van der Waals surface area (Å²) in [5.74, 6) is 0.186. The Morgan fingerprint density at radius 1 is 0.968 bits per heavy atom. The van der Waals surface area contributed by atoms with Crippen molar-refractivity contribution in [2.24, 2.45) is 0 Å². The number of piperidine rings is 1. The second kappa shape index (κ2) is 9.08. The van der Waals surface area contributed by atoms with Crippen LogP contribution in [0, 0.1) is 0 Å². The second-order valence-electron chi connectivity index (χ2n) is 7.73. The van der Waals surface area contributed by atoms with Crippen molar-refractivity contribution < 1.29 is 17.9 Å². The molecule has 1 fully saturated rings. The molecule has 1 aliphatic rings. The number of hydrogen-bond donors (Lipinski definition) is 1. The topological polar surface area (TPSA) is 75.7 Å². The smallest absolute Gasteiger partial charge is 0.243 e. The third-order valence-electron chi connectivity index (χ3n) is 5.58. The molecule has 31 heavy (non-hydrogen) atoms. The van der Waals surface area contributed by atoms with Crippen LogP contribution >= 0.6 is 0 Å². The molecule has 0 atom stereocenters. The fourth-order valence-corrected chi connectivity index (χ4v) is 5.47. The van der Waals surface area contributed by atoms with E-state index in [9.17, 15) is 13.2 Å². The van der Waals surface area contributed by atoms with Crippen LogP contribution in [0.4, 0.5) is 5.69 Å². The van der Waals surface area contributed by atoms with Crippen LogP contribution < -0.4 is 10.1 Å². The number of sulfonamides is 1. The predicted octanol–water partition coefficient (Wildman–Crippen LogP) is 4.20. The highest BCUT2D eigenvalue weighted by molar-refractivity contribution is 7.89. The van der Waals surface area contributed by atoms with E-state index in [4.69, 9.17) is 4.74 Å². The average Bonchev–Trinajstić information content (AvgIpc) is 2.79. The van der Waals surface area contributed by atoms with Gasteiger partial charge in [0, 0.05) is 13.1 Å². The van der Waals surface area contributed by atoms with Gasteiger partial charge in [-0.05, 0) is 47.4 Å². The Bertz CT molecular complexity index is 1200. The van der Waals surface area contributed by atoms with E-state index in [1.807, 2.05) is 42.5 Å². The number of carbonyl (C=O) groups is 1. The zero-order valence-corrected chi connectivity index (χ0v) is 18.3. The number of fused-ring (bicyclic) bond motifs is 1. The number of rotatable bonds is 6. The van der Waals surface area contributed by atoms with E-state index < -0.39 is 10.0 Å². The maximum atomic E-state index is 13.0. The van der Waals surface area contributed by atoms with Gasteiger partial charge in [0.1, 0.15) is 5.75 Å². The van der Waals surface area contributed by atoms with Crippen molar-refractivity contribution in [2.45, 2.75) is 30.6 Å². The molecule has 1 saturated heterocycles. The minimum absolute atomic E-state index is 0.163. The van der Waals surface area contributed by atoms with Gasteiger partial charge in [0.15, 0.2) is 0 Å². The molecular formula is C24H26N2O4S. The first-order valence-corrected chi connectivity index (χ1v) is 11.9. The summed E-state index contributed by atoms with van der Waals surface area (Å²) in [5, 5.41) is 5.01. The molecule has 0 aromatic heterocycles. The Labute approximate surface area is 182 Å². The highest BCUT2D eigenvalue weighted by Crippen LogP contribution is 2.30. The van der Waals surface area contributed by atoms with Crippen LogP contribution in [0.15, 0.2) is 65.6 Å². The number of nitrogens with zero attached hydrogens (tertiary/aromatic N) is 1. The maximum Gasteiger partial charge on any atom is 0.243 e. The van der Waals surface area contributed by atoms with E-state index in [1.54, 1.807) is 6.07 Å². The molecule has 6 nitrogen and oxygen atoms in total. The molecule has 4 rings (SSSR count). The molecule has 1 amide bonds. The zero-order valence-electron chi connectivity index (χ0n) is 17.5. The molecule has 3 aromatic rings. The van der Waals surface area contributed by atoms with Crippen LogP contribution in [0.1, 0.15) is 24.8 Å². The molecule has 0 saturated carbocycles. The largest absolute Gasteiger partial charge is 0.495 e. The first kappa shape index (κ1) is 21.3. The molecule has 162 valence electrons. The fourth-order valence-electron chi connectivity index (χ4n) is 3.93. The zero-order chi connectivity index (χ0) is 21.8. The number of amides is 1. The van der Waals surface area contributed by atoms with Crippen molar-refractivity contribution in [3.05, 3.63) is 66.2 Å². The molecule has 1 heterocycles. The molecule has 0 bridgehead atoms. The van der Waals surface area contributed by atoms with Crippen LogP contribution in [0.2, 0.25) is 0 Å². The molecule has 7 heteroatoms. The molecule has 0 spiro atoms. The van der Waals surface area contributed by atoms with E-state index in [2.05, 4.69) is 5.32 Å². The second-order valence-corrected chi connectivity index (χ2v) is 9.67. The number of methoxy groups -OCH3 is 1.